The first-order valence-corrected chi connectivity index (χ1v) is 9.56. The lowest BCUT2D eigenvalue weighted by Gasteiger charge is -2.05. The number of anilines is 1. The summed E-state index contributed by atoms with van der Waals surface area (Å²) >= 11 is 0. The van der Waals surface area contributed by atoms with Crippen molar-refractivity contribution in [3.63, 3.8) is 0 Å². The van der Waals surface area contributed by atoms with Crippen LogP contribution in [0, 0.1) is 0 Å². The van der Waals surface area contributed by atoms with Crippen LogP contribution in [0.5, 0.6) is 11.6 Å². The number of nitrogens with one attached hydrogen (secondary N) is 2. The van der Waals surface area contributed by atoms with Gasteiger partial charge in [-0.05, 0) is 23.8 Å². The molecule has 2 N–H and O–H groups in total. The molecule has 2 aromatic carbocycles. The Morgan fingerprint density at radius 2 is 1.97 bits per heavy atom. The number of aromatic nitrogens is 5. The summed E-state index contributed by atoms with van der Waals surface area (Å²) in [7, 11) is 1.53. The summed E-state index contributed by atoms with van der Waals surface area (Å²) in [6.07, 6.45) is 1.53. The van der Waals surface area contributed by atoms with E-state index in [0.717, 1.165) is 11.1 Å². The molecule has 0 aliphatic rings. The summed E-state index contributed by atoms with van der Waals surface area (Å²) in [6.45, 7) is 0.469. The van der Waals surface area contributed by atoms with E-state index < -0.39 is 5.91 Å². The number of H-pyrrole nitrogens is 1. The van der Waals surface area contributed by atoms with Crippen molar-refractivity contribution in [2.45, 2.75) is 6.61 Å². The molecule has 0 aliphatic carbocycles. The summed E-state index contributed by atoms with van der Waals surface area (Å²) in [5.41, 5.74) is 3.30. The minimum Gasteiger partial charge on any atom is -0.489 e. The summed E-state index contributed by atoms with van der Waals surface area (Å²) in [6, 6.07) is 18.9. The Morgan fingerprint density at radius 1 is 1.10 bits per heavy atom. The highest BCUT2D eigenvalue weighted by atomic mass is 16.5. The molecule has 0 bridgehead atoms. The molecule has 0 radical (unpaired) electrons. The van der Waals surface area contributed by atoms with E-state index in [0.29, 0.717) is 35.3 Å². The first kappa shape index (κ1) is 18.6. The molecule has 3 heterocycles. The van der Waals surface area contributed by atoms with E-state index in [1.165, 1.54) is 17.8 Å². The maximum absolute atomic E-state index is 12.6. The number of benzene rings is 2. The van der Waals surface area contributed by atoms with Gasteiger partial charge in [0.25, 0.3) is 5.91 Å². The van der Waals surface area contributed by atoms with Crippen molar-refractivity contribution >= 4 is 28.5 Å². The largest absolute Gasteiger partial charge is 0.489 e. The van der Waals surface area contributed by atoms with E-state index in [2.05, 4.69) is 25.4 Å². The molecule has 3 aromatic heterocycles. The predicted octanol–water partition coefficient (Wildman–Crippen LogP) is 3.45. The molecule has 154 valence electrons. The minimum absolute atomic E-state index is 0.216. The van der Waals surface area contributed by atoms with E-state index in [9.17, 15) is 4.79 Å². The average molecular weight is 414 g/mol. The Kier molecular flexibility index (Phi) is 4.68. The Hall–Kier alpha value is -4.40. The van der Waals surface area contributed by atoms with Gasteiger partial charge in [-0.25, -0.2) is 14.5 Å². The number of fused-ring (bicyclic) bond motifs is 2. The van der Waals surface area contributed by atoms with Crippen molar-refractivity contribution in [3.05, 3.63) is 78.1 Å². The number of methoxy groups -OCH3 is 1. The molecule has 0 saturated heterocycles. The summed E-state index contributed by atoms with van der Waals surface area (Å²) in [5.74, 6) is 1.06. The zero-order chi connectivity index (χ0) is 21.2. The molecule has 5 aromatic rings. The normalized spacial score (nSPS) is 11.0. The number of aromatic amines is 1. The van der Waals surface area contributed by atoms with Crippen LogP contribution >= 0.6 is 0 Å². The number of hydrogen-bond donors (Lipinski definition) is 2. The van der Waals surface area contributed by atoms with Gasteiger partial charge in [-0.3, -0.25) is 10.1 Å². The second kappa shape index (κ2) is 7.79. The van der Waals surface area contributed by atoms with Gasteiger partial charge in [0.05, 0.1) is 24.3 Å². The molecule has 0 fully saturated rings. The molecular formula is C22H18N6O3. The molecule has 1 amide bonds. The molecule has 0 atom stereocenters. The summed E-state index contributed by atoms with van der Waals surface area (Å²) in [5, 5.41) is 6.94. The lowest BCUT2D eigenvalue weighted by molar-refractivity contribution is 0.102. The number of imidazole rings is 2. The van der Waals surface area contributed by atoms with Gasteiger partial charge in [0.2, 0.25) is 11.8 Å². The van der Waals surface area contributed by atoms with Gasteiger partial charge in [-0.1, -0.05) is 30.3 Å². The zero-order valence-electron chi connectivity index (χ0n) is 16.6. The van der Waals surface area contributed by atoms with Gasteiger partial charge in [-0.2, -0.15) is 0 Å². The molecule has 9 heteroatoms. The van der Waals surface area contributed by atoms with Crippen LogP contribution in [-0.2, 0) is 6.61 Å². The lowest BCUT2D eigenvalue weighted by Crippen LogP contribution is -2.13. The van der Waals surface area contributed by atoms with E-state index in [-0.39, 0.29) is 5.69 Å². The quantitative estimate of drug-likeness (QED) is 0.441. The third kappa shape index (κ3) is 3.88. The van der Waals surface area contributed by atoms with Crippen LogP contribution in [0.3, 0.4) is 0 Å². The Balaban J connectivity index is 1.31. The SMILES string of the molecule is COc1ccc2nc(C(=O)Nc3nc4ccc(OCc5ccccc5)cc4[nH]3)cn2n1. The van der Waals surface area contributed by atoms with E-state index >= 15 is 0 Å². The van der Waals surface area contributed by atoms with E-state index in [1.54, 1.807) is 12.1 Å². The van der Waals surface area contributed by atoms with Crippen molar-refractivity contribution in [3.8, 4) is 11.6 Å². The zero-order valence-corrected chi connectivity index (χ0v) is 16.6. The van der Waals surface area contributed by atoms with Crippen LogP contribution in [0.2, 0.25) is 0 Å². The molecule has 31 heavy (non-hydrogen) atoms. The van der Waals surface area contributed by atoms with E-state index in [4.69, 9.17) is 9.47 Å². The average Bonchev–Trinajstić information content (AvgIpc) is 3.40. The third-order valence-corrected chi connectivity index (χ3v) is 4.67. The van der Waals surface area contributed by atoms with E-state index in [1.807, 2.05) is 48.5 Å². The number of hydrogen-bond acceptors (Lipinski definition) is 6. The van der Waals surface area contributed by atoms with Crippen molar-refractivity contribution < 1.29 is 14.3 Å². The number of rotatable bonds is 6. The van der Waals surface area contributed by atoms with Crippen LogP contribution < -0.4 is 14.8 Å². The Morgan fingerprint density at radius 3 is 2.81 bits per heavy atom. The van der Waals surface area contributed by atoms with Gasteiger partial charge in [-0.15, -0.1) is 5.10 Å². The van der Waals surface area contributed by atoms with Crippen molar-refractivity contribution in [1.29, 1.82) is 0 Å². The fourth-order valence-electron chi connectivity index (χ4n) is 3.13. The van der Waals surface area contributed by atoms with Crippen molar-refractivity contribution in [1.82, 2.24) is 24.6 Å². The first-order valence-electron chi connectivity index (χ1n) is 9.56. The second-order valence-corrected chi connectivity index (χ2v) is 6.80. The van der Waals surface area contributed by atoms with Crippen molar-refractivity contribution in [2.24, 2.45) is 0 Å². The van der Waals surface area contributed by atoms with Gasteiger partial charge in [0.15, 0.2) is 5.65 Å². The van der Waals surface area contributed by atoms with Gasteiger partial charge in [0, 0.05) is 12.1 Å². The van der Waals surface area contributed by atoms with Crippen LogP contribution in [0.1, 0.15) is 16.1 Å². The van der Waals surface area contributed by atoms with Gasteiger partial charge >= 0.3 is 0 Å². The molecule has 0 saturated carbocycles. The summed E-state index contributed by atoms with van der Waals surface area (Å²) < 4.78 is 12.4. The fraction of sp³-hybridized carbons (Fsp3) is 0.0909. The molecular weight excluding hydrogens is 396 g/mol. The number of carbonyl (C=O) groups is 1. The highest BCUT2D eigenvalue weighted by Gasteiger charge is 2.14. The Bertz CT molecular complexity index is 1380. The summed E-state index contributed by atoms with van der Waals surface area (Å²) in [4.78, 5) is 24.4. The molecule has 0 aliphatic heterocycles. The molecule has 5 rings (SSSR count). The standard InChI is InChI=1S/C22H18N6O3/c1-30-20-10-9-19-23-18(12-28(19)27-20)21(29)26-22-24-16-8-7-15(11-17(16)25-22)31-13-14-5-3-2-4-6-14/h2-12H,13H2,1H3,(H2,24,25,26,29). The number of ether oxygens (including phenoxy) is 2. The van der Waals surface area contributed by atoms with Crippen LogP contribution in [-0.4, -0.2) is 37.6 Å². The second-order valence-electron chi connectivity index (χ2n) is 6.80. The van der Waals surface area contributed by atoms with Crippen LogP contribution in [0.15, 0.2) is 66.9 Å². The maximum Gasteiger partial charge on any atom is 0.278 e. The monoisotopic (exact) mass is 414 g/mol. The number of nitrogens with zero attached hydrogens (tertiary/aromatic N) is 4. The topological polar surface area (TPSA) is 106 Å². The maximum atomic E-state index is 12.6. The first-order chi connectivity index (χ1) is 15.2. The fourth-order valence-corrected chi connectivity index (χ4v) is 3.13. The Labute approximate surface area is 176 Å². The predicted molar refractivity (Wildman–Crippen MR) is 114 cm³/mol. The van der Waals surface area contributed by atoms with Crippen LogP contribution in [0.4, 0.5) is 5.95 Å². The highest BCUT2D eigenvalue weighted by molar-refractivity contribution is 6.02. The van der Waals surface area contributed by atoms with Gasteiger partial charge < -0.3 is 14.5 Å². The number of amides is 1. The third-order valence-electron chi connectivity index (χ3n) is 4.67. The van der Waals surface area contributed by atoms with Crippen molar-refractivity contribution in [2.75, 3.05) is 12.4 Å². The van der Waals surface area contributed by atoms with Crippen LogP contribution in [0.25, 0.3) is 16.7 Å². The molecule has 0 spiro atoms. The number of carbonyl (C=O) groups excluding carboxylic acids is 1. The van der Waals surface area contributed by atoms with Gasteiger partial charge in [0.1, 0.15) is 18.1 Å². The lowest BCUT2D eigenvalue weighted by atomic mass is 10.2. The smallest absolute Gasteiger partial charge is 0.278 e. The highest BCUT2D eigenvalue weighted by Crippen LogP contribution is 2.22. The molecule has 0 unspecified atom stereocenters. The molecule has 9 nitrogen and oxygen atoms in total. The minimum atomic E-state index is -0.399.